The lowest BCUT2D eigenvalue weighted by atomic mass is 10.1. The van der Waals surface area contributed by atoms with Gasteiger partial charge in [-0.05, 0) is 0 Å². The zero-order chi connectivity index (χ0) is 10.1. The molecule has 1 atom stereocenters. The quantitative estimate of drug-likeness (QED) is 0.720. The van der Waals surface area contributed by atoms with E-state index < -0.39 is 6.29 Å². The van der Waals surface area contributed by atoms with Gasteiger partial charge < -0.3 is 19.7 Å². The number of hydrogen-bond donors (Lipinski definition) is 2. The Kier molecular flexibility index (Phi) is 2.37. The zero-order valence-corrected chi connectivity index (χ0v) is 7.73. The van der Waals surface area contributed by atoms with Crippen molar-refractivity contribution < 1.29 is 19.7 Å². The molecule has 0 aliphatic carbocycles. The maximum absolute atomic E-state index is 9.73. The van der Waals surface area contributed by atoms with E-state index >= 15 is 0 Å². The van der Waals surface area contributed by atoms with E-state index in [0.29, 0.717) is 12.2 Å². The largest absolute Gasteiger partial charge is 0.505 e. The number of ether oxygens (including phenoxy) is 2. The third kappa shape index (κ3) is 1.26. The Labute approximate surface area is 80.9 Å². The molecule has 5 heteroatoms. The van der Waals surface area contributed by atoms with Gasteiger partial charge in [0.05, 0.1) is 18.8 Å². The summed E-state index contributed by atoms with van der Waals surface area (Å²) in [6.07, 6.45) is 1.03. The molecule has 0 aromatic carbocycles. The number of hydrogen-bond acceptors (Lipinski definition) is 5. The van der Waals surface area contributed by atoms with Crippen LogP contribution in [0.15, 0.2) is 6.20 Å². The van der Waals surface area contributed by atoms with E-state index in [1.807, 2.05) is 0 Å². The van der Waals surface area contributed by atoms with Crippen LogP contribution in [-0.4, -0.2) is 22.3 Å². The van der Waals surface area contributed by atoms with Gasteiger partial charge in [-0.2, -0.15) is 0 Å². The molecule has 2 rings (SSSR count). The lowest BCUT2D eigenvalue weighted by Gasteiger charge is -2.11. The minimum atomic E-state index is -0.557. The molecule has 2 heterocycles. The van der Waals surface area contributed by atoms with Crippen molar-refractivity contribution >= 4 is 0 Å². The van der Waals surface area contributed by atoms with Gasteiger partial charge in [-0.15, -0.1) is 0 Å². The summed E-state index contributed by atoms with van der Waals surface area (Å²) in [5, 5.41) is 18.6. The summed E-state index contributed by atoms with van der Waals surface area (Å²) >= 11 is 0. The molecule has 0 saturated carbocycles. The summed E-state index contributed by atoms with van der Waals surface area (Å²) in [4.78, 5) is 3.90. The molecule has 1 aromatic rings. The van der Waals surface area contributed by atoms with Gasteiger partial charge in [0.15, 0.2) is 6.29 Å². The van der Waals surface area contributed by atoms with E-state index in [0.717, 1.165) is 5.56 Å². The summed E-state index contributed by atoms with van der Waals surface area (Å²) in [5.41, 5.74) is 1.62. The predicted molar refractivity (Wildman–Crippen MR) is 46.4 cm³/mol. The van der Waals surface area contributed by atoms with Gasteiger partial charge in [0, 0.05) is 18.9 Å². The van der Waals surface area contributed by atoms with Gasteiger partial charge in [-0.25, -0.2) is 0 Å². The molecule has 0 fully saturated rings. The van der Waals surface area contributed by atoms with Gasteiger partial charge in [0.1, 0.15) is 11.4 Å². The van der Waals surface area contributed by atoms with Crippen LogP contribution in [0.5, 0.6) is 5.75 Å². The van der Waals surface area contributed by atoms with Crippen molar-refractivity contribution in [3.63, 3.8) is 0 Å². The molecule has 0 amide bonds. The number of aromatic hydroxyl groups is 1. The summed E-state index contributed by atoms with van der Waals surface area (Å²) in [5.74, 6) is -0.0330. The molecule has 1 aliphatic rings. The fourth-order valence-corrected chi connectivity index (χ4v) is 1.52. The van der Waals surface area contributed by atoms with Crippen LogP contribution in [0.4, 0.5) is 0 Å². The average Bonchev–Trinajstić information content (AvgIpc) is 2.62. The number of nitrogens with zero attached hydrogens (tertiary/aromatic N) is 1. The normalized spacial score (nSPS) is 19.7. The zero-order valence-electron chi connectivity index (χ0n) is 7.73. The highest BCUT2D eigenvalue weighted by molar-refractivity contribution is 5.43. The standard InChI is InChI=1S/C9H11NO4/c1-13-9-7-5(4-14-9)2-10-6(3-11)8(7)12/h2,9,11-12H,3-4H2,1H3/t9-/m1/s1. The first-order chi connectivity index (χ1) is 6.77. The summed E-state index contributed by atoms with van der Waals surface area (Å²) < 4.78 is 10.3. The van der Waals surface area contributed by atoms with Crippen LogP contribution < -0.4 is 0 Å². The van der Waals surface area contributed by atoms with Crippen LogP contribution in [0.25, 0.3) is 0 Å². The van der Waals surface area contributed by atoms with Gasteiger partial charge in [-0.3, -0.25) is 4.98 Å². The fraction of sp³-hybridized carbons (Fsp3) is 0.444. The molecule has 1 aromatic heterocycles. The third-order valence-electron chi connectivity index (χ3n) is 2.24. The summed E-state index contributed by atoms with van der Waals surface area (Å²) in [6.45, 7) is 0.0790. The van der Waals surface area contributed by atoms with Crippen molar-refractivity contribution in [3.05, 3.63) is 23.0 Å². The molecule has 0 spiro atoms. The number of methoxy groups -OCH3 is 1. The van der Waals surface area contributed by atoms with E-state index in [-0.39, 0.29) is 18.1 Å². The number of fused-ring (bicyclic) bond motifs is 1. The van der Waals surface area contributed by atoms with Crippen molar-refractivity contribution in [2.75, 3.05) is 7.11 Å². The van der Waals surface area contributed by atoms with Gasteiger partial charge >= 0.3 is 0 Å². The number of rotatable bonds is 2. The Morgan fingerprint density at radius 1 is 1.71 bits per heavy atom. The van der Waals surface area contributed by atoms with Crippen molar-refractivity contribution in [2.45, 2.75) is 19.5 Å². The molecule has 2 N–H and O–H groups in total. The monoisotopic (exact) mass is 197 g/mol. The van der Waals surface area contributed by atoms with Gasteiger partial charge in [-0.1, -0.05) is 0 Å². The Balaban J connectivity index is 2.50. The van der Waals surface area contributed by atoms with Crippen LogP contribution in [0.3, 0.4) is 0 Å². The Hall–Kier alpha value is -1.17. The van der Waals surface area contributed by atoms with Crippen molar-refractivity contribution in [1.82, 2.24) is 4.98 Å². The second kappa shape index (κ2) is 3.53. The molecule has 0 bridgehead atoms. The lowest BCUT2D eigenvalue weighted by Crippen LogP contribution is -2.01. The van der Waals surface area contributed by atoms with Crippen LogP contribution in [0.2, 0.25) is 0 Å². The second-order valence-electron chi connectivity index (χ2n) is 3.03. The summed E-state index contributed by atoms with van der Waals surface area (Å²) in [6, 6.07) is 0. The molecule has 0 saturated heterocycles. The smallest absolute Gasteiger partial charge is 0.187 e. The first-order valence-electron chi connectivity index (χ1n) is 4.22. The number of aromatic nitrogens is 1. The van der Waals surface area contributed by atoms with Gasteiger partial charge in [0.2, 0.25) is 0 Å². The van der Waals surface area contributed by atoms with Crippen LogP contribution in [0.1, 0.15) is 23.1 Å². The maximum Gasteiger partial charge on any atom is 0.187 e. The minimum absolute atomic E-state index is 0.0330. The SMILES string of the molecule is CO[C@@H]1OCc2cnc(CO)c(O)c21. The highest BCUT2D eigenvalue weighted by Gasteiger charge is 2.28. The van der Waals surface area contributed by atoms with Crippen molar-refractivity contribution in [3.8, 4) is 5.75 Å². The van der Waals surface area contributed by atoms with E-state index in [1.165, 1.54) is 7.11 Å². The molecule has 14 heavy (non-hydrogen) atoms. The van der Waals surface area contributed by atoms with Crippen LogP contribution in [0, 0.1) is 0 Å². The number of pyridine rings is 1. The number of aliphatic hydroxyl groups excluding tert-OH is 1. The molecular weight excluding hydrogens is 186 g/mol. The molecular formula is C9H11NO4. The molecule has 5 nitrogen and oxygen atoms in total. The van der Waals surface area contributed by atoms with Crippen molar-refractivity contribution in [2.24, 2.45) is 0 Å². The Bertz CT molecular complexity index is 353. The van der Waals surface area contributed by atoms with Crippen LogP contribution >= 0.6 is 0 Å². The van der Waals surface area contributed by atoms with Gasteiger partial charge in [0.25, 0.3) is 0 Å². The Morgan fingerprint density at radius 3 is 3.14 bits per heavy atom. The van der Waals surface area contributed by atoms with Crippen molar-refractivity contribution in [1.29, 1.82) is 0 Å². The van der Waals surface area contributed by atoms with E-state index in [2.05, 4.69) is 4.98 Å². The molecule has 76 valence electrons. The first-order valence-corrected chi connectivity index (χ1v) is 4.22. The molecule has 0 unspecified atom stereocenters. The highest BCUT2D eigenvalue weighted by Crippen LogP contribution is 2.38. The Morgan fingerprint density at radius 2 is 2.50 bits per heavy atom. The predicted octanol–water partition coefficient (Wildman–Crippen LogP) is 0.455. The first kappa shape index (κ1) is 9.39. The highest BCUT2D eigenvalue weighted by atomic mass is 16.7. The summed E-state index contributed by atoms with van der Waals surface area (Å²) in [7, 11) is 1.50. The fourth-order valence-electron chi connectivity index (χ4n) is 1.52. The van der Waals surface area contributed by atoms with Crippen LogP contribution in [-0.2, 0) is 22.7 Å². The molecule has 1 aliphatic heterocycles. The number of aliphatic hydroxyl groups is 1. The third-order valence-corrected chi connectivity index (χ3v) is 2.24. The maximum atomic E-state index is 9.73. The average molecular weight is 197 g/mol. The minimum Gasteiger partial charge on any atom is -0.505 e. The molecule has 0 radical (unpaired) electrons. The topological polar surface area (TPSA) is 71.8 Å². The van der Waals surface area contributed by atoms with E-state index in [4.69, 9.17) is 14.6 Å². The lowest BCUT2D eigenvalue weighted by molar-refractivity contribution is -0.118. The second-order valence-corrected chi connectivity index (χ2v) is 3.03. The van der Waals surface area contributed by atoms with E-state index in [1.54, 1.807) is 6.20 Å². The van der Waals surface area contributed by atoms with E-state index in [9.17, 15) is 5.11 Å².